The van der Waals surface area contributed by atoms with Crippen LogP contribution in [0, 0.1) is 11.3 Å². The fourth-order valence-corrected chi connectivity index (χ4v) is 2.57. The van der Waals surface area contributed by atoms with Crippen molar-refractivity contribution in [2.45, 2.75) is 40.0 Å². The minimum Gasteiger partial charge on any atom is -0.362 e. The summed E-state index contributed by atoms with van der Waals surface area (Å²) in [5.41, 5.74) is 6.11. The van der Waals surface area contributed by atoms with E-state index in [9.17, 15) is 0 Å². The van der Waals surface area contributed by atoms with Crippen LogP contribution in [0.2, 0.25) is 0 Å². The Morgan fingerprint density at radius 3 is 2.17 bits per heavy atom. The van der Waals surface area contributed by atoms with E-state index in [0.29, 0.717) is 6.42 Å². The van der Waals surface area contributed by atoms with E-state index in [0.717, 1.165) is 23.6 Å². The van der Waals surface area contributed by atoms with Crippen molar-refractivity contribution < 1.29 is 0 Å². The predicted molar refractivity (Wildman–Crippen MR) is 106 cm³/mol. The quantitative estimate of drug-likeness (QED) is 0.550. The summed E-state index contributed by atoms with van der Waals surface area (Å²) in [4.78, 5) is 0. The monoisotopic (exact) mass is 320 g/mol. The van der Waals surface area contributed by atoms with E-state index in [4.69, 9.17) is 5.41 Å². The molecular weight excluding hydrogens is 292 g/mol. The van der Waals surface area contributed by atoms with E-state index >= 15 is 0 Å². The van der Waals surface area contributed by atoms with Crippen LogP contribution in [0.15, 0.2) is 60.3 Å². The van der Waals surface area contributed by atoms with Crippen LogP contribution in [0.4, 0.5) is 5.69 Å². The van der Waals surface area contributed by atoms with Gasteiger partial charge >= 0.3 is 0 Å². The summed E-state index contributed by atoms with van der Waals surface area (Å²) < 4.78 is 0. The molecule has 2 nitrogen and oxygen atoms in total. The van der Waals surface area contributed by atoms with Crippen LogP contribution in [0.1, 0.15) is 39.2 Å². The molecular formula is C22H28N2. The smallest absolute Gasteiger partial charge is 0.0380 e. The SMILES string of the molecule is CCC(C)Cc1ccc(-c2ccc(NC=C(C)CC=N)cc2)cc1. The Kier molecular flexibility index (Phi) is 6.80. The van der Waals surface area contributed by atoms with Gasteiger partial charge in [0.2, 0.25) is 0 Å². The van der Waals surface area contributed by atoms with Crippen molar-refractivity contribution in [2.75, 3.05) is 5.32 Å². The molecule has 0 aliphatic carbocycles. The zero-order valence-electron chi connectivity index (χ0n) is 15.0. The van der Waals surface area contributed by atoms with Gasteiger partial charge < -0.3 is 10.7 Å². The summed E-state index contributed by atoms with van der Waals surface area (Å²) in [5.74, 6) is 0.741. The van der Waals surface area contributed by atoms with E-state index in [2.05, 4.69) is 67.7 Å². The third-order valence-electron chi connectivity index (χ3n) is 4.36. The predicted octanol–water partition coefficient (Wildman–Crippen LogP) is 6.30. The second-order valence-corrected chi connectivity index (χ2v) is 6.54. The molecule has 0 aliphatic heterocycles. The molecule has 1 atom stereocenters. The first kappa shape index (κ1) is 18.0. The van der Waals surface area contributed by atoms with Crippen molar-refractivity contribution in [2.24, 2.45) is 5.92 Å². The molecule has 0 aliphatic rings. The van der Waals surface area contributed by atoms with E-state index in [-0.39, 0.29) is 0 Å². The number of hydrogen-bond acceptors (Lipinski definition) is 2. The lowest BCUT2D eigenvalue weighted by atomic mass is 9.97. The molecule has 2 rings (SSSR count). The Balaban J connectivity index is 2.02. The first-order valence-electron chi connectivity index (χ1n) is 8.73. The van der Waals surface area contributed by atoms with Crippen molar-refractivity contribution in [3.05, 3.63) is 65.9 Å². The standard InChI is InChI=1S/C22H28N2/c1-4-17(2)15-19-5-7-20(8-6-19)21-9-11-22(12-10-21)24-16-18(3)13-14-23/h5-12,14,16-17,23-24H,4,13,15H2,1-3H3. The van der Waals surface area contributed by atoms with E-state index < -0.39 is 0 Å². The van der Waals surface area contributed by atoms with Gasteiger partial charge in [0.1, 0.15) is 0 Å². The first-order valence-corrected chi connectivity index (χ1v) is 8.73. The zero-order valence-corrected chi connectivity index (χ0v) is 15.0. The Morgan fingerprint density at radius 2 is 1.62 bits per heavy atom. The molecule has 0 fully saturated rings. The largest absolute Gasteiger partial charge is 0.362 e. The van der Waals surface area contributed by atoms with Crippen molar-refractivity contribution in [3.63, 3.8) is 0 Å². The maximum Gasteiger partial charge on any atom is 0.0380 e. The average molecular weight is 320 g/mol. The van der Waals surface area contributed by atoms with E-state index in [1.807, 2.05) is 13.1 Å². The van der Waals surface area contributed by atoms with Crippen LogP contribution in [-0.4, -0.2) is 6.21 Å². The van der Waals surface area contributed by atoms with Crippen molar-refractivity contribution in [1.29, 1.82) is 5.41 Å². The summed E-state index contributed by atoms with van der Waals surface area (Å²) in [6, 6.07) is 17.4. The van der Waals surface area contributed by atoms with Gasteiger partial charge in [0.25, 0.3) is 0 Å². The minimum atomic E-state index is 0.689. The van der Waals surface area contributed by atoms with Gasteiger partial charge in [-0.05, 0) is 54.3 Å². The summed E-state index contributed by atoms with van der Waals surface area (Å²) in [7, 11) is 0. The first-order chi connectivity index (χ1) is 11.6. The highest BCUT2D eigenvalue weighted by molar-refractivity contribution is 5.66. The van der Waals surface area contributed by atoms with Crippen LogP contribution in [0.3, 0.4) is 0 Å². The highest BCUT2D eigenvalue weighted by Crippen LogP contribution is 2.23. The molecule has 2 aromatic rings. The van der Waals surface area contributed by atoms with Crippen LogP contribution >= 0.6 is 0 Å². The minimum absolute atomic E-state index is 0.689. The molecule has 0 spiro atoms. The van der Waals surface area contributed by atoms with Crippen molar-refractivity contribution >= 4 is 11.9 Å². The maximum atomic E-state index is 7.11. The number of allylic oxidation sites excluding steroid dienone is 1. The van der Waals surface area contributed by atoms with Crippen molar-refractivity contribution in [1.82, 2.24) is 0 Å². The normalized spacial score (nSPS) is 12.7. The topological polar surface area (TPSA) is 35.9 Å². The van der Waals surface area contributed by atoms with Gasteiger partial charge in [-0.3, -0.25) is 0 Å². The molecule has 0 saturated carbocycles. The van der Waals surface area contributed by atoms with Gasteiger partial charge in [-0.15, -0.1) is 0 Å². The van der Waals surface area contributed by atoms with Gasteiger partial charge in [-0.25, -0.2) is 0 Å². The highest BCUT2D eigenvalue weighted by Gasteiger charge is 2.02. The molecule has 0 radical (unpaired) electrons. The molecule has 0 aromatic heterocycles. The third kappa shape index (κ3) is 5.38. The summed E-state index contributed by atoms with van der Waals surface area (Å²) in [6.45, 7) is 6.57. The summed E-state index contributed by atoms with van der Waals surface area (Å²) in [6.07, 6.45) is 6.45. The van der Waals surface area contributed by atoms with Crippen LogP contribution < -0.4 is 5.32 Å². The Bertz CT molecular complexity index is 666. The molecule has 0 amide bonds. The summed E-state index contributed by atoms with van der Waals surface area (Å²) >= 11 is 0. The van der Waals surface area contributed by atoms with Crippen molar-refractivity contribution in [3.8, 4) is 11.1 Å². The van der Waals surface area contributed by atoms with Crippen LogP contribution in [-0.2, 0) is 6.42 Å². The number of anilines is 1. The molecule has 126 valence electrons. The van der Waals surface area contributed by atoms with Gasteiger partial charge in [0, 0.05) is 18.3 Å². The maximum absolute atomic E-state index is 7.11. The fourth-order valence-electron chi connectivity index (χ4n) is 2.57. The number of nitrogens with one attached hydrogen (secondary N) is 2. The Labute approximate surface area is 146 Å². The molecule has 24 heavy (non-hydrogen) atoms. The number of hydrogen-bond donors (Lipinski definition) is 2. The van der Waals surface area contributed by atoms with Crippen LogP contribution in [0.25, 0.3) is 11.1 Å². The lowest BCUT2D eigenvalue weighted by Gasteiger charge is -2.10. The lowest BCUT2D eigenvalue weighted by molar-refractivity contribution is 0.560. The lowest BCUT2D eigenvalue weighted by Crippen LogP contribution is -1.97. The molecule has 2 N–H and O–H groups in total. The number of rotatable bonds is 8. The molecule has 0 heterocycles. The Morgan fingerprint density at radius 1 is 1.04 bits per heavy atom. The van der Waals surface area contributed by atoms with Crippen LogP contribution in [0.5, 0.6) is 0 Å². The summed E-state index contributed by atoms with van der Waals surface area (Å²) in [5, 5.41) is 10.4. The van der Waals surface area contributed by atoms with E-state index in [1.54, 1.807) is 0 Å². The zero-order chi connectivity index (χ0) is 17.4. The fraction of sp³-hybridized carbons (Fsp3) is 0.318. The van der Waals surface area contributed by atoms with Gasteiger partial charge in [0.05, 0.1) is 0 Å². The molecule has 0 bridgehead atoms. The Hall–Kier alpha value is -2.35. The molecule has 1 unspecified atom stereocenters. The second kappa shape index (κ2) is 9.07. The molecule has 2 heteroatoms. The highest BCUT2D eigenvalue weighted by atomic mass is 14.8. The third-order valence-corrected chi connectivity index (χ3v) is 4.36. The van der Waals surface area contributed by atoms with Gasteiger partial charge in [0.15, 0.2) is 0 Å². The molecule has 0 saturated heterocycles. The number of benzene rings is 2. The van der Waals surface area contributed by atoms with Gasteiger partial charge in [-0.1, -0.05) is 62.2 Å². The van der Waals surface area contributed by atoms with Gasteiger partial charge in [-0.2, -0.15) is 0 Å². The average Bonchev–Trinajstić information content (AvgIpc) is 2.61. The van der Waals surface area contributed by atoms with E-state index in [1.165, 1.54) is 29.3 Å². The molecule has 2 aromatic carbocycles. The second-order valence-electron chi connectivity index (χ2n) is 6.54.